The van der Waals surface area contributed by atoms with Crippen molar-refractivity contribution in [3.8, 4) is 0 Å². The number of nitrogens with one attached hydrogen (secondary N) is 8. The third-order valence-corrected chi connectivity index (χ3v) is 12.5. The third-order valence-electron chi connectivity index (χ3n) is 12.5. The molecule has 1 rings (SSSR count). The highest BCUT2D eigenvalue weighted by molar-refractivity contribution is 5.98. The predicted octanol–water partition coefficient (Wildman–Crippen LogP) is -1.75. The Balaban J connectivity index is 3.54. The number of aliphatic hydroxyl groups excluding tert-OH is 1. The summed E-state index contributed by atoms with van der Waals surface area (Å²) in [6.07, 6.45) is 0.229. The molecule has 0 saturated carbocycles. The van der Waals surface area contributed by atoms with Gasteiger partial charge in [0, 0.05) is 19.3 Å². The number of unbranched alkanes of at least 4 members (excludes halogenated alkanes) is 2. The number of aliphatic hydroxyl groups is 1. The minimum absolute atomic E-state index is 0.0334. The van der Waals surface area contributed by atoms with Gasteiger partial charge in [-0.15, -0.1) is 0 Å². The summed E-state index contributed by atoms with van der Waals surface area (Å²) < 4.78 is 0. The van der Waals surface area contributed by atoms with Crippen LogP contribution in [0.4, 0.5) is 0 Å². The maximum atomic E-state index is 14.4. The number of nitrogens with two attached hydrogens (primary N) is 3. The molecule has 1 aromatic carbocycles. The Morgan fingerprint density at radius 3 is 1.38 bits per heavy atom. The number of hydrogen-bond donors (Lipinski definition) is 15. The van der Waals surface area contributed by atoms with Gasteiger partial charge >= 0.3 is 17.9 Å². The zero-order valence-corrected chi connectivity index (χ0v) is 45.1. The van der Waals surface area contributed by atoms with E-state index in [1.165, 1.54) is 0 Å². The molecule has 10 atom stereocenters. The Morgan fingerprint density at radius 2 is 0.909 bits per heavy atom. The van der Waals surface area contributed by atoms with E-state index in [1.807, 2.05) is 0 Å². The maximum Gasteiger partial charge on any atom is 0.328 e. The van der Waals surface area contributed by atoms with Crippen LogP contribution in [0.25, 0.3) is 0 Å². The topological polar surface area (TPSA) is 443 Å². The minimum atomic E-state index is -1.65. The first-order valence-electron chi connectivity index (χ1n) is 26.2. The van der Waals surface area contributed by atoms with Gasteiger partial charge in [-0.3, -0.25) is 47.9 Å². The molecule has 0 heterocycles. The summed E-state index contributed by atoms with van der Waals surface area (Å²) in [6, 6.07) is -3.97. The molecule has 0 aromatic heterocycles. The van der Waals surface area contributed by atoms with Crippen molar-refractivity contribution in [2.45, 2.75) is 179 Å². The normalized spacial score (nSPS) is 15.1. The fraction of sp³-hybridized carbons (Fsp3) is 0.667. The van der Waals surface area contributed by atoms with E-state index in [0.717, 1.165) is 0 Å². The van der Waals surface area contributed by atoms with Crippen molar-refractivity contribution < 1.29 is 73.2 Å². The lowest BCUT2D eigenvalue weighted by Gasteiger charge is -2.31. The summed E-state index contributed by atoms with van der Waals surface area (Å²) in [5.41, 5.74) is 17.8. The van der Waals surface area contributed by atoms with E-state index >= 15 is 0 Å². The van der Waals surface area contributed by atoms with Crippen LogP contribution in [0.3, 0.4) is 0 Å². The highest BCUT2D eigenvalue weighted by Crippen LogP contribution is 2.15. The number of amides is 8. The van der Waals surface area contributed by atoms with Crippen molar-refractivity contribution in [2.24, 2.45) is 35.0 Å². The molecule has 0 aliphatic rings. The minimum Gasteiger partial charge on any atom is -0.481 e. The van der Waals surface area contributed by atoms with Gasteiger partial charge in [-0.05, 0) is 94.2 Å². The van der Waals surface area contributed by atoms with Crippen LogP contribution in [0.2, 0.25) is 0 Å². The van der Waals surface area contributed by atoms with Gasteiger partial charge in [0.15, 0.2) is 0 Å². The van der Waals surface area contributed by atoms with Gasteiger partial charge in [0.2, 0.25) is 47.3 Å². The molecule has 1 aromatic rings. The second-order valence-electron chi connectivity index (χ2n) is 19.8. The van der Waals surface area contributed by atoms with Crippen molar-refractivity contribution >= 4 is 65.2 Å². The van der Waals surface area contributed by atoms with E-state index in [1.54, 1.807) is 71.9 Å². The van der Waals surface area contributed by atoms with E-state index in [2.05, 4.69) is 42.5 Å². The average molecular weight is 1090 g/mol. The summed E-state index contributed by atoms with van der Waals surface area (Å²) in [4.78, 5) is 145. The molecule has 77 heavy (non-hydrogen) atoms. The Bertz CT molecular complexity index is 2100. The second-order valence-corrected chi connectivity index (χ2v) is 19.8. The van der Waals surface area contributed by atoms with Crippen molar-refractivity contribution in [1.29, 1.82) is 0 Å². The molecule has 0 aliphatic heterocycles. The zero-order chi connectivity index (χ0) is 58.4. The summed E-state index contributed by atoms with van der Waals surface area (Å²) in [5.74, 6) is -12.2. The molecular formula is C51H85N11O15. The fourth-order valence-corrected chi connectivity index (χ4v) is 7.78. The van der Waals surface area contributed by atoms with E-state index in [-0.39, 0.29) is 51.1 Å². The predicted molar refractivity (Wildman–Crippen MR) is 282 cm³/mol. The van der Waals surface area contributed by atoms with E-state index in [9.17, 15) is 68.1 Å². The number of aliphatic carboxylic acids is 3. The monoisotopic (exact) mass is 1090 g/mol. The van der Waals surface area contributed by atoms with Gasteiger partial charge in [0.1, 0.15) is 48.3 Å². The molecule has 0 aliphatic carbocycles. The molecule has 8 amide bonds. The number of benzene rings is 1. The van der Waals surface area contributed by atoms with E-state index < -0.39 is 157 Å². The highest BCUT2D eigenvalue weighted by atomic mass is 16.4. The first-order chi connectivity index (χ1) is 36.3. The number of carbonyl (C=O) groups is 11. The molecule has 18 N–H and O–H groups in total. The summed E-state index contributed by atoms with van der Waals surface area (Å²) in [5, 5.41) is 57.9. The first-order valence-corrected chi connectivity index (χ1v) is 26.2. The standard InChI is InChI=1S/C51H85N11O15/c1-7-30(6)42(50(75)61-41(29(4)5)49(74)57-34(18-12-14-24-53)44(69)56-33(17-11-13-23-52)45(70)60-38(27-63)51(76)77)62-48(73)36(25-28(2)3)58-47(72)37(26-31-15-9-8-10-16-31)59-46(71)35(20-22-40(66)67)55-43(68)32(54)19-21-39(64)65/h8-10,15-16,28-30,32-38,41-42,63H,7,11-14,17-27,52-54H2,1-6H3,(H,55,68)(H,56,69)(H,57,74)(H,58,72)(H,59,71)(H,60,70)(H,61,75)(H,62,73)(H,64,65)(H,66,67)(H,76,77)/t30-,32-,33-,34-,35-,36-,37-,38-,41-,42-/m0/s1. The van der Waals surface area contributed by atoms with Gasteiger partial charge in [-0.2, -0.15) is 0 Å². The van der Waals surface area contributed by atoms with Crippen molar-refractivity contribution in [3.63, 3.8) is 0 Å². The summed E-state index contributed by atoms with van der Waals surface area (Å²) in [6.45, 7) is 9.91. The van der Waals surface area contributed by atoms with Gasteiger partial charge in [-0.1, -0.05) is 78.3 Å². The van der Waals surface area contributed by atoms with Crippen molar-refractivity contribution in [1.82, 2.24) is 42.5 Å². The van der Waals surface area contributed by atoms with Gasteiger partial charge in [0.25, 0.3) is 0 Å². The Hall–Kier alpha value is -6.77. The second kappa shape index (κ2) is 36.3. The molecule has 0 spiro atoms. The third kappa shape index (κ3) is 26.2. The molecule has 0 unspecified atom stereocenters. The van der Waals surface area contributed by atoms with Gasteiger partial charge in [-0.25, -0.2) is 4.79 Å². The summed E-state index contributed by atoms with van der Waals surface area (Å²) >= 11 is 0. The quantitative estimate of drug-likeness (QED) is 0.0325. The Morgan fingerprint density at radius 1 is 0.494 bits per heavy atom. The largest absolute Gasteiger partial charge is 0.481 e. The number of hydrogen-bond acceptors (Lipinski definition) is 15. The van der Waals surface area contributed by atoms with Gasteiger partial charge in [0.05, 0.1) is 12.6 Å². The number of rotatable bonds is 39. The number of carboxylic acid groups (broad SMARTS) is 3. The average Bonchev–Trinajstić information content (AvgIpc) is 3.37. The molecule has 0 fully saturated rings. The van der Waals surface area contributed by atoms with Crippen LogP contribution in [0, 0.1) is 17.8 Å². The van der Waals surface area contributed by atoms with Crippen LogP contribution in [0.15, 0.2) is 30.3 Å². The van der Waals surface area contributed by atoms with E-state index in [0.29, 0.717) is 37.7 Å². The van der Waals surface area contributed by atoms with E-state index in [4.69, 9.17) is 22.3 Å². The SMILES string of the molecule is CC[C@H](C)[C@H](NC(=O)[C@H](CC(C)C)NC(=O)[C@H](Cc1ccccc1)NC(=O)[C@H](CCC(=O)O)NC(=O)[C@@H](N)CCC(=O)O)C(=O)N[C@H](C(=O)N[C@@H](CCCCN)C(=O)N[C@@H](CCCCN)C(=O)N[C@@H](CO)C(=O)O)C(C)C. The molecule has 0 bridgehead atoms. The van der Waals surface area contributed by atoms with Crippen molar-refractivity contribution in [2.75, 3.05) is 19.7 Å². The fourth-order valence-electron chi connectivity index (χ4n) is 7.78. The Labute approximate surface area is 449 Å². The molecule has 434 valence electrons. The molecule has 26 nitrogen and oxygen atoms in total. The van der Waals surface area contributed by atoms with Crippen LogP contribution < -0.4 is 59.7 Å². The van der Waals surface area contributed by atoms with Crippen LogP contribution in [0.5, 0.6) is 0 Å². The maximum absolute atomic E-state index is 14.4. The lowest BCUT2D eigenvalue weighted by molar-refractivity contribution is -0.143. The van der Waals surface area contributed by atoms with Crippen LogP contribution >= 0.6 is 0 Å². The molecule has 0 saturated heterocycles. The first kappa shape index (κ1) is 68.2. The van der Waals surface area contributed by atoms with Crippen molar-refractivity contribution in [3.05, 3.63) is 35.9 Å². The van der Waals surface area contributed by atoms with Crippen LogP contribution in [0.1, 0.15) is 124 Å². The Kier molecular flexibility index (Phi) is 32.2. The lowest BCUT2D eigenvalue weighted by atomic mass is 9.95. The number of carboxylic acids is 3. The number of carbonyl (C=O) groups excluding carboxylic acids is 8. The van der Waals surface area contributed by atoms with Crippen LogP contribution in [-0.2, 0) is 59.2 Å². The highest BCUT2D eigenvalue weighted by Gasteiger charge is 2.37. The molecular weight excluding hydrogens is 1010 g/mol. The molecule has 26 heteroatoms. The zero-order valence-electron chi connectivity index (χ0n) is 45.1. The smallest absolute Gasteiger partial charge is 0.328 e. The molecule has 0 radical (unpaired) electrons. The van der Waals surface area contributed by atoms with Gasteiger partial charge < -0.3 is 80.2 Å². The van der Waals surface area contributed by atoms with Crippen LogP contribution in [-0.4, -0.2) is 160 Å². The lowest BCUT2D eigenvalue weighted by Crippen LogP contribution is -2.62. The summed E-state index contributed by atoms with van der Waals surface area (Å²) in [7, 11) is 0.